The fraction of sp³-hybridized carbons (Fsp3) is 0.375. The van der Waals surface area contributed by atoms with E-state index in [0.29, 0.717) is 9.23 Å². The first-order chi connectivity index (χ1) is 10.7. The first kappa shape index (κ1) is 15.4. The Balaban J connectivity index is 1.87. The van der Waals surface area contributed by atoms with Gasteiger partial charge in [0.1, 0.15) is 10.1 Å². The number of rotatable bonds is 3. The van der Waals surface area contributed by atoms with Crippen molar-refractivity contribution in [2.24, 2.45) is 0 Å². The van der Waals surface area contributed by atoms with Crippen LogP contribution in [0.4, 0.5) is 5.69 Å². The van der Waals surface area contributed by atoms with Crippen molar-refractivity contribution >= 4 is 46.0 Å². The highest BCUT2D eigenvalue weighted by molar-refractivity contribution is 8.26. The van der Waals surface area contributed by atoms with Crippen molar-refractivity contribution in [1.82, 2.24) is 5.32 Å². The SMILES string of the molecule is COc1cc(N2CCCCC2)ccc1/C=C1/SC(=S)NC1=O. The number of hydrogen-bond acceptors (Lipinski definition) is 5. The molecule has 2 heterocycles. The molecule has 0 saturated carbocycles. The minimum absolute atomic E-state index is 0.142. The molecule has 0 spiro atoms. The van der Waals surface area contributed by atoms with Crippen LogP contribution < -0.4 is 15.0 Å². The number of carbonyl (C=O) groups is 1. The van der Waals surface area contributed by atoms with Crippen molar-refractivity contribution < 1.29 is 9.53 Å². The van der Waals surface area contributed by atoms with Gasteiger partial charge in [-0.25, -0.2) is 0 Å². The predicted molar refractivity (Wildman–Crippen MR) is 95.4 cm³/mol. The molecule has 0 atom stereocenters. The Labute approximate surface area is 139 Å². The van der Waals surface area contributed by atoms with Gasteiger partial charge < -0.3 is 15.0 Å². The number of amides is 1. The molecule has 6 heteroatoms. The van der Waals surface area contributed by atoms with Gasteiger partial charge in [0.05, 0.1) is 12.0 Å². The van der Waals surface area contributed by atoms with Crippen LogP contribution in [0.25, 0.3) is 6.08 Å². The average molecular weight is 334 g/mol. The number of hydrogen-bond donors (Lipinski definition) is 1. The molecule has 22 heavy (non-hydrogen) atoms. The molecule has 0 radical (unpaired) electrons. The second kappa shape index (κ2) is 6.71. The lowest BCUT2D eigenvalue weighted by atomic mass is 10.1. The summed E-state index contributed by atoms with van der Waals surface area (Å²) in [6.07, 6.45) is 5.62. The monoisotopic (exact) mass is 334 g/mol. The number of nitrogens with one attached hydrogen (secondary N) is 1. The van der Waals surface area contributed by atoms with Crippen molar-refractivity contribution in [2.75, 3.05) is 25.1 Å². The van der Waals surface area contributed by atoms with Gasteiger partial charge in [-0.05, 0) is 37.5 Å². The standard InChI is InChI=1S/C16H18N2O2S2/c1-20-13-10-12(18-7-3-2-4-8-18)6-5-11(13)9-14-15(19)17-16(21)22-14/h5-6,9-10H,2-4,7-8H2,1H3,(H,17,19,21)/b14-9+. The Hall–Kier alpha value is -1.53. The van der Waals surface area contributed by atoms with E-state index in [1.165, 1.54) is 36.7 Å². The molecule has 116 valence electrons. The summed E-state index contributed by atoms with van der Waals surface area (Å²) in [5.74, 6) is 0.638. The third-order valence-electron chi connectivity index (χ3n) is 3.87. The molecular weight excluding hydrogens is 316 g/mol. The van der Waals surface area contributed by atoms with Crippen LogP contribution in [-0.2, 0) is 4.79 Å². The smallest absolute Gasteiger partial charge is 0.263 e. The zero-order valence-electron chi connectivity index (χ0n) is 12.4. The highest BCUT2D eigenvalue weighted by atomic mass is 32.2. The quantitative estimate of drug-likeness (QED) is 0.679. The summed E-state index contributed by atoms with van der Waals surface area (Å²) in [7, 11) is 1.66. The van der Waals surface area contributed by atoms with Crippen molar-refractivity contribution in [1.29, 1.82) is 0 Å². The molecular formula is C16H18N2O2S2. The third kappa shape index (κ3) is 3.28. The van der Waals surface area contributed by atoms with Crippen molar-refractivity contribution in [2.45, 2.75) is 19.3 Å². The van der Waals surface area contributed by atoms with Crippen LogP contribution in [0.15, 0.2) is 23.1 Å². The van der Waals surface area contributed by atoms with Crippen LogP contribution in [-0.4, -0.2) is 30.4 Å². The fourth-order valence-corrected chi connectivity index (χ4v) is 3.77. The highest BCUT2D eigenvalue weighted by Gasteiger charge is 2.22. The number of ether oxygens (including phenoxy) is 1. The second-order valence-electron chi connectivity index (χ2n) is 5.33. The number of methoxy groups -OCH3 is 1. The molecule has 2 aliphatic rings. The summed E-state index contributed by atoms with van der Waals surface area (Å²) in [5.41, 5.74) is 2.07. The molecule has 0 aliphatic carbocycles. The number of anilines is 1. The first-order valence-corrected chi connectivity index (χ1v) is 8.58. The molecule has 0 aromatic heterocycles. The van der Waals surface area contributed by atoms with Crippen LogP contribution in [0, 0.1) is 0 Å². The summed E-state index contributed by atoms with van der Waals surface area (Å²) in [5, 5.41) is 2.63. The number of carbonyl (C=O) groups excluding carboxylic acids is 1. The second-order valence-corrected chi connectivity index (χ2v) is 7.05. The van der Waals surface area contributed by atoms with E-state index in [2.05, 4.69) is 16.3 Å². The molecule has 4 nitrogen and oxygen atoms in total. The van der Waals surface area contributed by atoms with Gasteiger partial charge in [-0.2, -0.15) is 0 Å². The maximum atomic E-state index is 11.8. The lowest BCUT2D eigenvalue weighted by Crippen LogP contribution is -2.29. The van der Waals surface area contributed by atoms with Crippen LogP contribution >= 0.6 is 24.0 Å². The number of benzene rings is 1. The van der Waals surface area contributed by atoms with E-state index in [1.54, 1.807) is 7.11 Å². The lowest BCUT2D eigenvalue weighted by Gasteiger charge is -2.29. The van der Waals surface area contributed by atoms with Crippen molar-refractivity contribution in [3.8, 4) is 5.75 Å². The van der Waals surface area contributed by atoms with Gasteiger partial charge in [0.25, 0.3) is 5.91 Å². The number of thiocarbonyl (C=S) groups is 1. The fourth-order valence-electron chi connectivity index (χ4n) is 2.73. The van der Waals surface area contributed by atoms with Gasteiger partial charge in [0.2, 0.25) is 0 Å². The van der Waals surface area contributed by atoms with E-state index < -0.39 is 0 Å². The minimum Gasteiger partial charge on any atom is -0.496 e. The minimum atomic E-state index is -0.142. The van der Waals surface area contributed by atoms with E-state index in [9.17, 15) is 4.79 Å². The Bertz CT molecular complexity index is 637. The van der Waals surface area contributed by atoms with E-state index in [4.69, 9.17) is 17.0 Å². The van der Waals surface area contributed by atoms with Gasteiger partial charge in [-0.3, -0.25) is 4.79 Å². The van der Waals surface area contributed by atoms with E-state index in [-0.39, 0.29) is 5.91 Å². The van der Waals surface area contributed by atoms with E-state index in [0.717, 1.165) is 24.4 Å². The van der Waals surface area contributed by atoms with Gasteiger partial charge >= 0.3 is 0 Å². The van der Waals surface area contributed by atoms with Gasteiger partial charge in [0, 0.05) is 30.4 Å². The first-order valence-electron chi connectivity index (χ1n) is 7.35. The molecule has 0 unspecified atom stereocenters. The molecule has 3 rings (SSSR count). The van der Waals surface area contributed by atoms with E-state index in [1.807, 2.05) is 18.2 Å². The zero-order valence-corrected chi connectivity index (χ0v) is 14.1. The predicted octanol–water partition coefficient (Wildman–Crippen LogP) is 3.17. The Morgan fingerprint density at radius 3 is 2.73 bits per heavy atom. The summed E-state index contributed by atoms with van der Waals surface area (Å²) in [6.45, 7) is 2.19. The molecule has 1 N–H and O–H groups in total. The summed E-state index contributed by atoms with van der Waals surface area (Å²) < 4.78 is 6.00. The van der Waals surface area contributed by atoms with Crippen LogP contribution in [0.3, 0.4) is 0 Å². The van der Waals surface area contributed by atoms with E-state index >= 15 is 0 Å². The molecule has 2 aliphatic heterocycles. The Morgan fingerprint density at radius 2 is 2.09 bits per heavy atom. The Kier molecular flexibility index (Phi) is 4.69. The van der Waals surface area contributed by atoms with Gasteiger partial charge in [-0.15, -0.1) is 0 Å². The molecule has 0 bridgehead atoms. The third-order valence-corrected chi connectivity index (χ3v) is 5.03. The normalized spacial score (nSPS) is 20.4. The topological polar surface area (TPSA) is 41.6 Å². The maximum Gasteiger partial charge on any atom is 0.263 e. The van der Waals surface area contributed by atoms with Crippen LogP contribution in [0.1, 0.15) is 24.8 Å². The molecule has 2 saturated heterocycles. The average Bonchev–Trinajstić information content (AvgIpc) is 2.86. The molecule has 2 fully saturated rings. The highest BCUT2D eigenvalue weighted by Crippen LogP contribution is 2.32. The van der Waals surface area contributed by atoms with Crippen LogP contribution in [0.2, 0.25) is 0 Å². The zero-order chi connectivity index (χ0) is 15.5. The molecule has 1 aromatic rings. The molecule has 1 aromatic carbocycles. The van der Waals surface area contributed by atoms with Gasteiger partial charge in [0.15, 0.2) is 0 Å². The van der Waals surface area contributed by atoms with Crippen LogP contribution in [0.5, 0.6) is 5.75 Å². The summed E-state index contributed by atoms with van der Waals surface area (Å²) in [4.78, 5) is 14.8. The summed E-state index contributed by atoms with van der Waals surface area (Å²) >= 11 is 6.29. The largest absolute Gasteiger partial charge is 0.496 e. The molecule has 1 amide bonds. The Morgan fingerprint density at radius 1 is 1.32 bits per heavy atom. The lowest BCUT2D eigenvalue weighted by molar-refractivity contribution is -0.115. The number of nitrogens with zero attached hydrogens (tertiary/aromatic N) is 1. The van der Waals surface area contributed by atoms with Crippen molar-refractivity contribution in [3.63, 3.8) is 0 Å². The van der Waals surface area contributed by atoms with Crippen molar-refractivity contribution in [3.05, 3.63) is 28.7 Å². The number of piperidine rings is 1. The maximum absolute atomic E-state index is 11.8. The number of thioether (sulfide) groups is 1. The van der Waals surface area contributed by atoms with Gasteiger partial charge in [-0.1, -0.05) is 24.0 Å². The summed E-state index contributed by atoms with van der Waals surface area (Å²) in [6, 6.07) is 6.15.